The lowest BCUT2D eigenvalue weighted by Gasteiger charge is -2.29. The van der Waals surface area contributed by atoms with E-state index < -0.39 is 10.0 Å². The van der Waals surface area contributed by atoms with Gasteiger partial charge in [0, 0.05) is 12.6 Å². The zero-order valence-electron chi connectivity index (χ0n) is 10.8. The van der Waals surface area contributed by atoms with Gasteiger partial charge >= 0.3 is 0 Å². The van der Waals surface area contributed by atoms with Gasteiger partial charge in [0.05, 0.1) is 3.79 Å². The van der Waals surface area contributed by atoms with Crippen LogP contribution < -0.4 is 10.0 Å². The summed E-state index contributed by atoms with van der Waals surface area (Å²) in [4.78, 5) is 0. The molecule has 0 aromatic carbocycles. The molecule has 1 aliphatic heterocycles. The maximum atomic E-state index is 12.3. The Kier molecular flexibility index (Phi) is 6.28. The van der Waals surface area contributed by atoms with E-state index in [1.54, 1.807) is 6.07 Å². The van der Waals surface area contributed by atoms with E-state index in [2.05, 4.69) is 32.9 Å². The second-order valence-electron chi connectivity index (χ2n) is 4.72. The van der Waals surface area contributed by atoms with Crippen molar-refractivity contribution < 1.29 is 8.42 Å². The molecular formula is C11H18BrClN2O2S2. The summed E-state index contributed by atoms with van der Waals surface area (Å²) in [6.07, 6.45) is 1.00. The van der Waals surface area contributed by atoms with Gasteiger partial charge in [0.2, 0.25) is 10.0 Å². The van der Waals surface area contributed by atoms with E-state index >= 15 is 0 Å². The third kappa shape index (κ3) is 4.15. The first-order valence-corrected chi connectivity index (χ1v) is 8.98. The molecule has 2 heterocycles. The standard InChI is InChI=1S/C11H17BrN2O2S2.ClH/c1-7-3-4-13-6-9(7)14-18(15,16)10-5-8(2)11(12)17-10;/h5,7,9,13-14H,3-4,6H2,1-2H3;1H. The largest absolute Gasteiger partial charge is 0.315 e. The first-order valence-electron chi connectivity index (χ1n) is 5.89. The predicted octanol–water partition coefficient (Wildman–Crippen LogP) is 2.52. The predicted molar refractivity (Wildman–Crippen MR) is 84.8 cm³/mol. The van der Waals surface area contributed by atoms with Crippen molar-refractivity contribution in [1.82, 2.24) is 10.0 Å². The van der Waals surface area contributed by atoms with Gasteiger partial charge < -0.3 is 5.32 Å². The third-order valence-electron chi connectivity index (χ3n) is 3.23. The molecule has 4 nitrogen and oxygen atoms in total. The molecule has 0 bridgehead atoms. The monoisotopic (exact) mass is 388 g/mol. The molecule has 110 valence electrons. The molecule has 0 aliphatic carbocycles. The summed E-state index contributed by atoms with van der Waals surface area (Å²) >= 11 is 4.62. The average molecular weight is 390 g/mol. The van der Waals surface area contributed by atoms with Gasteiger partial charge in [-0.3, -0.25) is 0 Å². The smallest absolute Gasteiger partial charge is 0.250 e. The third-order valence-corrected chi connectivity index (χ3v) is 7.33. The Bertz CT molecular complexity index is 513. The van der Waals surface area contributed by atoms with Crippen molar-refractivity contribution in [3.8, 4) is 0 Å². The van der Waals surface area contributed by atoms with Gasteiger partial charge in [-0.05, 0) is 53.4 Å². The van der Waals surface area contributed by atoms with Crippen LogP contribution in [0.15, 0.2) is 14.1 Å². The maximum Gasteiger partial charge on any atom is 0.250 e. The van der Waals surface area contributed by atoms with Crippen LogP contribution >= 0.6 is 39.7 Å². The quantitative estimate of drug-likeness (QED) is 0.835. The number of nitrogens with one attached hydrogen (secondary N) is 2. The first kappa shape index (κ1) is 17.4. The zero-order chi connectivity index (χ0) is 13.3. The van der Waals surface area contributed by atoms with Gasteiger partial charge in [0.15, 0.2) is 0 Å². The van der Waals surface area contributed by atoms with Crippen LogP contribution in [0.4, 0.5) is 0 Å². The second kappa shape index (κ2) is 6.87. The number of hydrogen-bond acceptors (Lipinski definition) is 4. The van der Waals surface area contributed by atoms with E-state index in [-0.39, 0.29) is 18.4 Å². The second-order valence-corrected chi connectivity index (χ2v) is 9.03. The lowest BCUT2D eigenvalue weighted by atomic mass is 9.96. The van der Waals surface area contributed by atoms with E-state index in [4.69, 9.17) is 0 Å². The number of halogens is 2. The molecular weight excluding hydrogens is 372 g/mol. The summed E-state index contributed by atoms with van der Waals surface area (Å²) in [6.45, 7) is 5.64. The number of sulfonamides is 1. The molecule has 0 saturated carbocycles. The molecule has 19 heavy (non-hydrogen) atoms. The Morgan fingerprint density at radius 3 is 2.74 bits per heavy atom. The molecule has 2 rings (SSSR count). The van der Waals surface area contributed by atoms with Crippen molar-refractivity contribution in [3.63, 3.8) is 0 Å². The van der Waals surface area contributed by atoms with Gasteiger partial charge in [-0.2, -0.15) is 0 Å². The van der Waals surface area contributed by atoms with Crippen LogP contribution in [0, 0.1) is 12.8 Å². The molecule has 2 atom stereocenters. The molecule has 2 unspecified atom stereocenters. The van der Waals surface area contributed by atoms with Crippen LogP contribution in [-0.4, -0.2) is 27.5 Å². The van der Waals surface area contributed by atoms with Crippen molar-refractivity contribution >= 4 is 49.7 Å². The van der Waals surface area contributed by atoms with Gasteiger partial charge in [-0.25, -0.2) is 13.1 Å². The van der Waals surface area contributed by atoms with Crippen LogP contribution in [-0.2, 0) is 10.0 Å². The topological polar surface area (TPSA) is 58.2 Å². The van der Waals surface area contributed by atoms with Gasteiger partial charge in [-0.1, -0.05) is 6.92 Å². The van der Waals surface area contributed by atoms with Crippen molar-refractivity contribution in [2.24, 2.45) is 5.92 Å². The molecule has 2 N–H and O–H groups in total. The van der Waals surface area contributed by atoms with Gasteiger partial charge in [0.1, 0.15) is 4.21 Å². The minimum atomic E-state index is -3.40. The van der Waals surface area contributed by atoms with Crippen LogP contribution in [0.2, 0.25) is 0 Å². The summed E-state index contributed by atoms with van der Waals surface area (Å²) in [6, 6.07) is 1.68. The molecule has 1 fully saturated rings. The number of thiophene rings is 1. The zero-order valence-corrected chi connectivity index (χ0v) is 14.8. The molecule has 1 aromatic heterocycles. The van der Waals surface area contributed by atoms with Crippen LogP contribution in [0.5, 0.6) is 0 Å². The Morgan fingerprint density at radius 1 is 1.53 bits per heavy atom. The van der Waals surface area contributed by atoms with Crippen LogP contribution in [0.1, 0.15) is 18.9 Å². The summed E-state index contributed by atoms with van der Waals surface area (Å²) in [5.41, 5.74) is 0.954. The van der Waals surface area contributed by atoms with Crippen molar-refractivity contribution in [3.05, 3.63) is 15.4 Å². The van der Waals surface area contributed by atoms with Crippen LogP contribution in [0.25, 0.3) is 0 Å². The van der Waals surface area contributed by atoms with Gasteiger partial charge in [0.25, 0.3) is 0 Å². The normalized spacial score (nSPS) is 23.9. The lowest BCUT2D eigenvalue weighted by molar-refractivity contribution is 0.327. The summed E-state index contributed by atoms with van der Waals surface area (Å²) in [5, 5.41) is 3.22. The number of rotatable bonds is 3. The number of hydrogen-bond donors (Lipinski definition) is 2. The fraction of sp³-hybridized carbons (Fsp3) is 0.636. The van der Waals surface area contributed by atoms with E-state index in [1.165, 1.54) is 11.3 Å². The fourth-order valence-corrected chi connectivity index (χ4v) is 5.56. The highest BCUT2D eigenvalue weighted by molar-refractivity contribution is 9.11. The van der Waals surface area contributed by atoms with Crippen molar-refractivity contribution in [2.75, 3.05) is 13.1 Å². The Labute approximate surface area is 133 Å². The minimum absolute atomic E-state index is 0. The molecule has 0 spiro atoms. The van der Waals surface area contributed by atoms with E-state index in [0.717, 1.165) is 22.3 Å². The first-order chi connectivity index (χ1) is 8.40. The molecule has 1 aliphatic rings. The molecule has 8 heteroatoms. The molecule has 0 amide bonds. The van der Waals surface area contributed by atoms with Crippen molar-refractivity contribution in [1.29, 1.82) is 0 Å². The van der Waals surface area contributed by atoms with E-state index in [1.807, 2.05) is 6.92 Å². The Balaban J connectivity index is 0.00000180. The molecule has 1 saturated heterocycles. The molecule has 1 aromatic rings. The minimum Gasteiger partial charge on any atom is -0.315 e. The van der Waals surface area contributed by atoms with E-state index in [9.17, 15) is 8.42 Å². The highest BCUT2D eigenvalue weighted by Gasteiger charge is 2.27. The molecule has 0 radical (unpaired) electrons. The fourth-order valence-electron chi connectivity index (χ4n) is 1.97. The lowest BCUT2D eigenvalue weighted by Crippen LogP contribution is -2.49. The average Bonchev–Trinajstić information content (AvgIpc) is 2.63. The van der Waals surface area contributed by atoms with Crippen LogP contribution in [0.3, 0.4) is 0 Å². The van der Waals surface area contributed by atoms with Crippen molar-refractivity contribution in [2.45, 2.75) is 30.5 Å². The summed E-state index contributed by atoms with van der Waals surface area (Å²) in [7, 11) is -3.40. The highest BCUT2D eigenvalue weighted by Crippen LogP contribution is 2.30. The maximum absolute atomic E-state index is 12.3. The number of piperidine rings is 1. The Morgan fingerprint density at radius 2 is 2.21 bits per heavy atom. The summed E-state index contributed by atoms with van der Waals surface area (Å²) in [5.74, 6) is 0.366. The highest BCUT2D eigenvalue weighted by atomic mass is 79.9. The van der Waals surface area contributed by atoms with Gasteiger partial charge in [-0.15, -0.1) is 23.7 Å². The SMILES string of the molecule is Cc1cc(S(=O)(=O)NC2CNCCC2C)sc1Br.Cl. The Hall–Kier alpha value is 0.340. The summed E-state index contributed by atoms with van der Waals surface area (Å²) < 4.78 is 28.6. The number of aryl methyl sites for hydroxylation is 1. The van der Waals surface area contributed by atoms with E-state index in [0.29, 0.717) is 16.7 Å².